The summed E-state index contributed by atoms with van der Waals surface area (Å²) in [7, 11) is -3.71. The standard InChI is InChI=1S/C3H7Cl6Si3/c1-11(2,6)3(10(4)5)12(7,8)9/h3H,1-2H3. The Kier molecular flexibility index (Phi) is 5.93. The van der Waals surface area contributed by atoms with E-state index in [4.69, 9.17) is 66.5 Å². The van der Waals surface area contributed by atoms with Gasteiger partial charge in [-0.1, -0.05) is 13.1 Å². The molecule has 0 aliphatic heterocycles. The van der Waals surface area contributed by atoms with Crippen LogP contribution < -0.4 is 0 Å². The Morgan fingerprint density at radius 1 is 1.00 bits per heavy atom. The maximum absolute atomic E-state index is 6.16. The van der Waals surface area contributed by atoms with Crippen molar-refractivity contribution in [2.75, 3.05) is 0 Å². The zero-order chi connectivity index (χ0) is 10.2. The predicted molar refractivity (Wildman–Crippen MR) is 67.9 cm³/mol. The highest BCUT2D eigenvalue weighted by Gasteiger charge is 2.51. The second-order valence-electron chi connectivity index (χ2n) is 2.83. The molecule has 0 saturated heterocycles. The highest BCUT2D eigenvalue weighted by Crippen LogP contribution is 2.45. The van der Waals surface area contributed by atoms with Crippen LogP contribution in [0.15, 0.2) is 0 Å². The summed E-state index contributed by atoms with van der Waals surface area (Å²) in [6.45, 7) is 3.78. The van der Waals surface area contributed by atoms with Crippen LogP contribution in [-0.4, -0.2) is 20.8 Å². The molecule has 73 valence electrons. The maximum Gasteiger partial charge on any atom is 0.342 e. The van der Waals surface area contributed by atoms with Crippen LogP contribution in [0.2, 0.25) is 17.9 Å². The van der Waals surface area contributed by atoms with Crippen LogP contribution in [0, 0.1) is 0 Å². The van der Waals surface area contributed by atoms with Gasteiger partial charge in [-0.2, -0.15) is 11.1 Å². The minimum atomic E-state index is -2.86. The van der Waals surface area contributed by atoms with Gasteiger partial charge in [0, 0.05) is 4.79 Å². The molecule has 0 aliphatic rings. The molecule has 0 rings (SSSR count). The van der Waals surface area contributed by atoms with E-state index < -0.39 is 20.8 Å². The first-order chi connectivity index (χ1) is 5.07. The van der Waals surface area contributed by atoms with Crippen molar-refractivity contribution >= 4 is 87.3 Å². The lowest BCUT2D eigenvalue weighted by Gasteiger charge is -2.29. The molecule has 12 heavy (non-hydrogen) atoms. The van der Waals surface area contributed by atoms with Crippen LogP contribution in [0.5, 0.6) is 0 Å². The molecule has 0 nitrogen and oxygen atoms in total. The molecule has 1 atom stereocenters. The van der Waals surface area contributed by atoms with E-state index in [-0.39, 0.29) is 4.79 Å². The summed E-state index contributed by atoms with van der Waals surface area (Å²) in [5.41, 5.74) is 0. The normalized spacial score (nSPS) is 16.8. The number of hydrogen-bond donors (Lipinski definition) is 0. The molecule has 0 aromatic heterocycles. The Hall–Kier alpha value is 2.39. The maximum atomic E-state index is 6.16. The van der Waals surface area contributed by atoms with Gasteiger partial charge in [-0.3, -0.25) is 0 Å². The van der Waals surface area contributed by atoms with Crippen molar-refractivity contribution in [2.45, 2.75) is 17.9 Å². The molecule has 0 N–H and O–H groups in total. The third kappa shape index (κ3) is 4.75. The first-order valence-corrected chi connectivity index (χ1v) is 15.8. The topological polar surface area (TPSA) is 0 Å². The van der Waals surface area contributed by atoms with Crippen LogP contribution >= 0.6 is 66.5 Å². The molecule has 0 aliphatic carbocycles. The van der Waals surface area contributed by atoms with Gasteiger partial charge in [-0.05, 0) is 0 Å². The number of rotatable bonds is 3. The first kappa shape index (κ1) is 14.4. The summed E-state index contributed by atoms with van der Waals surface area (Å²) in [5, 5.41) is 0. The molecular weight excluding hydrogens is 333 g/mol. The molecular formula is C3H7Cl6Si3. The minimum absolute atomic E-state index is 0.245. The highest BCUT2D eigenvalue weighted by molar-refractivity contribution is 7.72. The molecule has 0 aromatic rings. The summed E-state index contributed by atoms with van der Waals surface area (Å²) in [4.78, 5) is -0.245. The molecule has 0 bridgehead atoms. The van der Waals surface area contributed by atoms with Crippen molar-refractivity contribution in [1.29, 1.82) is 0 Å². The van der Waals surface area contributed by atoms with Crippen molar-refractivity contribution < 1.29 is 0 Å². The van der Waals surface area contributed by atoms with Gasteiger partial charge >= 0.3 is 6.00 Å². The van der Waals surface area contributed by atoms with E-state index in [0.717, 1.165) is 0 Å². The van der Waals surface area contributed by atoms with E-state index in [0.29, 0.717) is 0 Å². The predicted octanol–water partition coefficient (Wildman–Crippen LogP) is 4.50. The Morgan fingerprint density at radius 2 is 1.33 bits per heavy atom. The van der Waals surface area contributed by atoms with Crippen LogP contribution in [0.25, 0.3) is 0 Å². The van der Waals surface area contributed by atoms with Gasteiger partial charge in [-0.15, -0.1) is 55.4 Å². The lowest BCUT2D eigenvalue weighted by molar-refractivity contribution is 1.63. The van der Waals surface area contributed by atoms with Crippen LogP contribution in [-0.2, 0) is 0 Å². The summed E-state index contributed by atoms with van der Waals surface area (Å²) in [6.07, 6.45) is 0. The Balaban J connectivity index is 4.70. The SMILES string of the molecule is C[Si](C)(Cl)C([Si](Cl)Cl)[Si](Cl)(Cl)Cl. The van der Waals surface area contributed by atoms with Gasteiger partial charge in [0.1, 0.15) is 0 Å². The van der Waals surface area contributed by atoms with Crippen LogP contribution in [0.1, 0.15) is 0 Å². The van der Waals surface area contributed by atoms with Crippen LogP contribution in [0.3, 0.4) is 0 Å². The van der Waals surface area contributed by atoms with E-state index in [2.05, 4.69) is 0 Å². The molecule has 0 fully saturated rings. The molecule has 1 unspecified atom stereocenters. The van der Waals surface area contributed by atoms with Crippen molar-refractivity contribution in [2.24, 2.45) is 0 Å². The fourth-order valence-corrected chi connectivity index (χ4v) is 33.1. The van der Waals surface area contributed by atoms with Crippen molar-refractivity contribution in [3.8, 4) is 0 Å². The van der Waals surface area contributed by atoms with Crippen LogP contribution in [0.4, 0.5) is 0 Å². The zero-order valence-electron chi connectivity index (χ0n) is 6.35. The second-order valence-corrected chi connectivity index (χ2v) is 24.1. The summed E-state index contributed by atoms with van der Waals surface area (Å²) in [6, 6.07) is -2.86. The Bertz CT molecular complexity index is 133. The molecule has 1 radical (unpaired) electrons. The van der Waals surface area contributed by atoms with E-state index in [9.17, 15) is 0 Å². The van der Waals surface area contributed by atoms with Crippen molar-refractivity contribution in [3.63, 3.8) is 0 Å². The van der Waals surface area contributed by atoms with Gasteiger partial charge in [0.15, 0.2) is 7.38 Å². The number of halogens is 6. The van der Waals surface area contributed by atoms with Gasteiger partial charge in [-0.25, -0.2) is 0 Å². The Morgan fingerprint density at radius 3 is 1.33 bits per heavy atom. The van der Waals surface area contributed by atoms with Gasteiger partial charge < -0.3 is 0 Å². The van der Waals surface area contributed by atoms with Crippen molar-refractivity contribution in [3.05, 3.63) is 0 Å². The highest BCUT2D eigenvalue weighted by atomic mass is 35.8. The van der Waals surface area contributed by atoms with Gasteiger partial charge in [0.25, 0.3) is 7.42 Å². The number of hydrogen-bond acceptors (Lipinski definition) is 0. The monoisotopic (exact) mass is 337 g/mol. The van der Waals surface area contributed by atoms with E-state index in [1.165, 1.54) is 0 Å². The second kappa shape index (κ2) is 4.94. The molecule has 0 saturated carbocycles. The van der Waals surface area contributed by atoms with E-state index in [1.54, 1.807) is 0 Å². The van der Waals surface area contributed by atoms with E-state index in [1.807, 2.05) is 13.1 Å². The van der Waals surface area contributed by atoms with Gasteiger partial charge in [0.05, 0.1) is 0 Å². The van der Waals surface area contributed by atoms with Crippen molar-refractivity contribution in [1.82, 2.24) is 0 Å². The quantitative estimate of drug-likeness (QED) is 0.524. The summed E-state index contributed by atoms with van der Waals surface area (Å²) >= 11 is 35.3. The molecule has 9 heteroatoms. The summed E-state index contributed by atoms with van der Waals surface area (Å²) in [5.74, 6) is 0. The molecule has 0 amide bonds. The third-order valence-electron chi connectivity index (χ3n) is 1.23. The Labute approximate surface area is 104 Å². The fourth-order valence-electron chi connectivity index (χ4n) is 0.772. The lowest BCUT2D eigenvalue weighted by atomic mass is 11.8. The smallest absolute Gasteiger partial charge is 0.168 e. The minimum Gasteiger partial charge on any atom is -0.168 e. The van der Waals surface area contributed by atoms with Gasteiger partial charge in [0.2, 0.25) is 0 Å². The molecule has 0 spiro atoms. The third-order valence-corrected chi connectivity index (χ3v) is 22.9. The largest absolute Gasteiger partial charge is 0.342 e. The lowest BCUT2D eigenvalue weighted by Crippen LogP contribution is -2.43. The fraction of sp³-hybridized carbons (Fsp3) is 1.00. The van der Waals surface area contributed by atoms with E-state index >= 15 is 0 Å². The zero-order valence-corrected chi connectivity index (χ0v) is 13.9. The first-order valence-electron chi connectivity index (χ1n) is 3.00. The molecule has 0 aromatic carbocycles. The molecule has 0 heterocycles. The summed E-state index contributed by atoms with van der Waals surface area (Å²) < 4.78 is 0. The average Bonchev–Trinajstić information content (AvgIpc) is 1.49. The average molecular weight is 340 g/mol.